The topological polar surface area (TPSA) is 99.9 Å². The molecule has 7 nitrogen and oxygen atoms in total. The molecular formula is C28H27N5O2S. The molecule has 0 atom stereocenters. The van der Waals surface area contributed by atoms with Gasteiger partial charge in [0, 0.05) is 17.6 Å². The van der Waals surface area contributed by atoms with Crippen molar-refractivity contribution in [3.63, 3.8) is 0 Å². The molecule has 0 spiro atoms. The zero-order valence-corrected chi connectivity index (χ0v) is 21.1. The number of benzene rings is 2. The number of hydrogen-bond donors (Lipinski definition) is 2. The number of nitrogens with zero attached hydrogens (tertiary/aromatic N) is 3. The maximum absolute atomic E-state index is 12.5. The molecule has 2 aromatic carbocycles. The summed E-state index contributed by atoms with van der Waals surface area (Å²) in [6, 6.07) is 17.5. The van der Waals surface area contributed by atoms with Crippen LogP contribution in [0.15, 0.2) is 53.9 Å². The number of anilines is 1. The van der Waals surface area contributed by atoms with E-state index in [0.717, 1.165) is 47.0 Å². The van der Waals surface area contributed by atoms with E-state index in [0.29, 0.717) is 28.7 Å². The zero-order chi connectivity index (χ0) is 25.1. The van der Waals surface area contributed by atoms with Crippen molar-refractivity contribution in [2.45, 2.75) is 51.6 Å². The second-order valence-electron chi connectivity index (χ2n) is 9.17. The Morgan fingerprint density at radius 1 is 1.03 bits per heavy atom. The van der Waals surface area contributed by atoms with Crippen LogP contribution in [0, 0.1) is 25.2 Å². The minimum atomic E-state index is -0.0200. The van der Waals surface area contributed by atoms with Gasteiger partial charge in [0.25, 0.3) is 5.91 Å². The Hall–Kier alpha value is -3.96. The minimum Gasteiger partial charge on any atom is -0.437 e. The van der Waals surface area contributed by atoms with E-state index in [1.54, 1.807) is 11.3 Å². The number of thiophene rings is 1. The van der Waals surface area contributed by atoms with Crippen LogP contribution in [0.25, 0.3) is 10.2 Å². The lowest BCUT2D eigenvalue weighted by Gasteiger charge is -2.29. The van der Waals surface area contributed by atoms with Crippen molar-refractivity contribution in [2.75, 3.05) is 5.32 Å². The van der Waals surface area contributed by atoms with Crippen molar-refractivity contribution < 1.29 is 9.53 Å². The largest absolute Gasteiger partial charge is 0.437 e. The first-order chi connectivity index (χ1) is 17.5. The predicted molar refractivity (Wildman–Crippen MR) is 142 cm³/mol. The number of nitrogens with one attached hydrogen (secondary N) is 2. The van der Waals surface area contributed by atoms with E-state index in [2.05, 4.69) is 16.7 Å². The van der Waals surface area contributed by atoms with Gasteiger partial charge >= 0.3 is 0 Å². The maximum Gasteiger partial charge on any atom is 0.251 e. The van der Waals surface area contributed by atoms with Crippen LogP contribution in [0.1, 0.15) is 52.7 Å². The third-order valence-corrected chi connectivity index (χ3v) is 7.38. The summed E-state index contributed by atoms with van der Waals surface area (Å²) in [6.45, 7) is 3.87. The van der Waals surface area contributed by atoms with Crippen LogP contribution in [0.2, 0.25) is 0 Å². The molecule has 0 saturated heterocycles. The van der Waals surface area contributed by atoms with E-state index < -0.39 is 0 Å². The first-order valence-electron chi connectivity index (χ1n) is 12.1. The van der Waals surface area contributed by atoms with Gasteiger partial charge in [0.05, 0.1) is 17.1 Å². The van der Waals surface area contributed by atoms with Gasteiger partial charge in [0.15, 0.2) is 0 Å². The smallest absolute Gasteiger partial charge is 0.251 e. The zero-order valence-electron chi connectivity index (χ0n) is 20.2. The Kier molecular flexibility index (Phi) is 6.83. The Morgan fingerprint density at radius 2 is 1.72 bits per heavy atom. The van der Waals surface area contributed by atoms with Crippen molar-refractivity contribution in [3.8, 4) is 17.7 Å². The summed E-state index contributed by atoms with van der Waals surface area (Å²) < 4.78 is 7.19. The first-order valence-corrected chi connectivity index (χ1v) is 12.9. The lowest BCUT2D eigenvalue weighted by molar-refractivity contribution is 0.0926. The highest BCUT2D eigenvalue weighted by molar-refractivity contribution is 7.17. The molecule has 1 aliphatic carbocycles. The molecule has 0 radical (unpaired) electrons. The van der Waals surface area contributed by atoms with Crippen LogP contribution in [-0.4, -0.2) is 28.0 Å². The molecule has 1 fully saturated rings. The molecule has 1 aliphatic rings. The normalized spacial score (nSPS) is 17.4. The monoisotopic (exact) mass is 497 g/mol. The summed E-state index contributed by atoms with van der Waals surface area (Å²) in [4.78, 5) is 21.9. The third-order valence-electron chi connectivity index (χ3n) is 6.49. The molecule has 0 bridgehead atoms. The van der Waals surface area contributed by atoms with Crippen LogP contribution in [0.5, 0.6) is 11.6 Å². The average molecular weight is 498 g/mol. The minimum absolute atomic E-state index is 0.0200. The number of carbonyl (C=O) groups excluding carboxylic acids is 1. The summed E-state index contributed by atoms with van der Waals surface area (Å²) in [5.74, 6) is 1.74. The van der Waals surface area contributed by atoms with Crippen molar-refractivity contribution in [2.24, 2.45) is 0 Å². The fourth-order valence-corrected chi connectivity index (χ4v) is 5.42. The molecule has 8 heteroatoms. The van der Waals surface area contributed by atoms with Crippen molar-refractivity contribution >= 4 is 33.4 Å². The number of amides is 1. The van der Waals surface area contributed by atoms with Gasteiger partial charge in [-0.2, -0.15) is 10.2 Å². The molecule has 182 valence electrons. The van der Waals surface area contributed by atoms with Crippen LogP contribution in [0.4, 0.5) is 5.95 Å². The first kappa shape index (κ1) is 23.8. The third kappa shape index (κ3) is 5.16. The molecular weight excluding hydrogens is 470 g/mol. The second-order valence-corrected chi connectivity index (χ2v) is 10.1. The Bertz CT molecular complexity index is 1410. The summed E-state index contributed by atoms with van der Waals surface area (Å²) in [7, 11) is 0. The molecule has 2 heterocycles. The number of hydrogen-bond acceptors (Lipinski definition) is 7. The lowest BCUT2D eigenvalue weighted by atomic mass is 9.91. The number of carbonyl (C=O) groups is 1. The summed E-state index contributed by atoms with van der Waals surface area (Å²) >= 11 is 1.54. The molecule has 0 unspecified atom stereocenters. The number of rotatable bonds is 6. The number of nitriles is 1. The van der Waals surface area contributed by atoms with E-state index in [-0.39, 0.29) is 18.0 Å². The summed E-state index contributed by atoms with van der Waals surface area (Å²) in [5, 5.41) is 17.9. The SMILES string of the molecule is Cc1cc(C#N)cc(C)c1Oc1nc(NC2CCC(NC(=O)c3ccccc3)CC2)nc2ccsc12. The standard InChI is InChI=1S/C28H27N5O2S/c1-17-14-19(16-29)15-18(2)24(17)35-27-25-23(12-13-36-25)32-28(33-27)31-22-10-8-21(9-11-22)30-26(34)20-6-4-3-5-7-20/h3-7,12-15,21-22H,8-11H2,1-2H3,(H,30,34)(H,31,32,33). The highest BCUT2D eigenvalue weighted by Crippen LogP contribution is 2.36. The molecule has 36 heavy (non-hydrogen) atoms. The maximum atomic E-state index is 12.5. The van der Waals surface area contributed by atoms with Crippen LogP contribution < -0.4 is 15.4 Å². The van der Waals surface area contributed by atoms with Crippen LogP contribution >= 0.6 is 11.3 Å². The molecule has 2 aromatic heterocycles. The van der Waals surface area contributed by atoms with Gasteiger partial charge in [0.1, 0.15) is 10.4 Å². The van der Waals surface area contributed by atoms with Crippen LogP contribution in [-0.2, 0) is 0 Å². The van der Waals surface area contributed by atoms with E-state index in [1.807, 2.05) is 67.8 Å². The summed E-state index contributed by atoms with van der Waals surface area (Å²) in [6.07, 6.45) is 3.61. The number of aromatic nitrogens is 2. The Labute approximate surface area is 214 Å². The van der Waals surface area contributed by atoms with Crippen molar-refractivity contribution in [3.05, 3.63) is 76.2 Å². The van der Waals surface area contributed by atoms with Gasteiger partial charge < -0.3 is 15.4 Å². The highest BCUT2D eigenvalue weighted by atomic mass is 32.1. The highest BCUT2D eigenvalue weighted by Gasteiger charge is 2.24. The Balaban J connectivity index is 1.27. The van der Waals surface area contributed by atoms with Crippen molar-refractivity contribution in [1.29, 1.82) is 5.26 Å². The van der Waals surface area contributed by atoms with Gasteiger partial charge in [-0.3, -0.25) is 4.79 Å². The average Bonchev–Trinajstić information content (AvgIpc) is 3.36. The quantitative estimate of drug-likeness (QED) is 0.333. The van der Waals surface area contributed by atoms with E-state index in [4.69, 9.17) is 14.7 Å². The molecule has 0 aliphatic heterocycles. The van der Waals surface area contributed by atoms with Gasteiger partial charge in [-0.15, -0.1) is 11.3 Å². The molecule has 4 aromatic rings. The lowest BCUT2D eigenvalue weighted by Crippen LogP contribution is -2.40. The molecule has 1 amide bonds. The summed E-state index contributed by atoms with van der Waals surface area (Å²) in [5.41, 5.74) is 3.91. The second kappa shape index (κ2) is 10.3. The van der Waals surface area contributed by atoms with Gasteiger partial charge in [-0.05, 0) is 86.4 Å². The molecule has 2 N–H and O–H groups in total. The van der Waals surface area contributed by atoms with Crippen LogP contribution in [0.3, 0.4) is 0 Å². The van der Waals surface area contributed by atoms with Gasteiger partial charge in [-0.1, -0.05) is 18.2 Å². The number of aryl methyl sites for hydroxylation is 2. The van der Waals surface area contributed by atoms with E-state index in [1.165, 1.54) is 0 Å². The molecule has 1 saturated carbocycles. The van der Waals surface area contributed by atoms with Gasteiger partial charge in [-0.25, -0.2) is 4.98 Å². The predicted octanol–water partition coefficient (Wildman–Crippen LogP) is 6.13. The fourth-order valence-electron chi connectivity index (χ4n) is 4.67. The Morgan fingerprint density at radius 3 is 2.42 bits per heavy atom. The molecule has 5 rings (SSSR count). The number of fused-ring (bicyclic) bond motifs is 1. The number of ether oxygens (including phenoxy) is 1. The van der Waals surface area contributed by atoms with Crippen molar-refractivity contribution in [1.82, 2.24) is 15.3 Å². The fraction of sp³-hybridized carbons (Fsp3) is 0.286. The van der Waals surface area contributed by atoms with Gasteiger partial charge in [0.2, 0.25) is 11.8 Å². The van der Waals surface area contributed by atoms with E-state index >= 15 is 0 Å². The van der Waals surface area contributed by atoms with E-state index in [9.17, 15) is 10.1 Å².